The van der Waals surface area contributed by atoms with E-state index in [0.717, 1.165) is 5.56 Å². The lowest BCUT2D eigenvalue weighted by Crippen LogP contribution is -2.42. The van der Waals surface area contributed by atoms with E-state index in [1.807, 2.05) is 30.3 Å². The highest BCUT2D eigenvalue weighted by atomic mass is 16.5. The Labute approximate surface area is 117 Å². The average Bonchev–Trinajstić information content (AvgIpc) is 2.73. The number of nitrogens with zero attached hydrogens (tertiary/aromatic N) is 1. The summed E-state index contributed by atoms with van der Waals surface area (Å²) in [6, 6.07) is 9.42. The number of likely N-dealkylation sites (tertiary alicyclic amines) is 1. The molecule has 1 aliphatic heterocycles. The van der Waals surface area contributed by atoms with Crippen molar-refractivity contribution in [2.75, 3.05) is 13.2 Å². The first-order chi connectivity index (χ1) is 9.55. The molecule has 1 saturated heterocycles. The zero-order valence-electron chi connectivity index (χ0n) is 11.1. The van der Waals surface area contributed by atoms with Gasteiger partial charge in [-0.25, -0.2) is 4.79 Å². The largest absolute Gasteiger partial charge is 0.459 e. The van der Waals surface area contributed by atoms with Crippen molar-refractivity contribution in [3.05, 3.63) is 48.6 Å². The van der Waals surface area contributed by atoms with Crippen LogP contribution in [0.3, 0.4) is 0 Å². The molecule has 0 radical (unpaired) electrons. The van der Waals surface area contributed by atoms with Crippen molar-refractivity contribution in [3.8, 4) is 0 Å². The minimum atomic E-state index is -1.76. The number of esters is 1. The van der Waals surface area contributed by atoms with Gasteiger partial charge in [-0.2, -0.15) is 0 Å². The third kappa shape index (κ3) is 3.05. The van der Waals surface area contributed by atoms with Crippen LogP contribution in [-0.4, -0.2) is 40.6 Å². The standard InChI is InChI=1S/C15H17NO4/c1-2-8-20-14(18)15(19)9-13(17)16(11-15)10-12-6-4-3-5-7-12/h2-7,19H,1,8-11H2. The van der Waals surface area contributed by atoms with Crippen LogP contribution in [0.5, 0.6) is 0 Å². The SMILES string of the molecule is C=CCOC(=O)C1(O)CC(=O)N(Cc2ccccc2)C1. The normalized spacial score (nSPS) is 21.9. The highest BCUT2D eigenvalue weighted by molar-refractivity contribution is 5.91. The van der Waals surface area contributed by atoms with Gasteiger partial charge in [0.15, 0.2) is 5.60 Å². The molecule has 1 heterocycles. The summed E-state index contributed by atoms with van der Waals surface area (Å²) < 4.78 is 4.84. The number of benzene rings is 1. The molecule has 5 heteroatoms. The first kappa shape index (κ1) is 14.3. The molecule has 1 N–H and O–H groups in total. The maximum Gasteiger partial charge on any atom is 0.340 e. The fourth-order valence-electron chi connectivity index (χ4n) is 2.18. The van der Waals surface area contributed by atoms with E-state index in [0.29, 0.717) is 6.54 Å². The van der Waals surface area contributed by atoms with Crippen molar-refractivity contribution in [2.24, 2.45) is 0 Å². The van der Waals surface area contributed by atoms with Gasteiger partial charge in [0, 0.05) is 6.54 Å². The van der Waals surface area contributed by atoms with Crippen LogP contribution in [0.25, 0.3) is 0 Å². The molecule has 1 atom stereocenters. The van der Waals surface area contributed by atoms with E-state index in [9.17, 15) is 14.7 Å². The second kappa shape index (κ2) is 5.88. The second-order valence-corrected chi connectivity index (χ2v) is 4.83. The molecule has 1 amide bonds. The maximum atomic E-state index is 11.9. The fourth-order valence-corrected chi connectivity index (χ4v) is 2.18. The first-order valence-electron chi connectivity index (χ1n) is 6.37. The Morgan fingerprint density at radius 2 is 2.15 bits per heavy atom. The van der Waals surface area contributed by atoms with Crippen LogP contribution < -0.4 is 0 Å². The molecule has 20 heavy (non-hydrogen) atoms. The van der Waals surface area contributed by atoms with Crippen LogP contribution in [-0.2, 0) is 20.9 Å². The highest BCUT2D eigenvalue weighted by Crippen LogP contribution is 2.25. The molecule has 1 aromatic rings. The smallest absolute Gasteiger partial charge is 0.340 e. The Morgan fingerprint density at radius 1 is 1.45 bits per heavy atom. The molecular formula is C15H17NO4. The van der Waals surface area contributed by atoms with Crippen molar-refractivity contribution in [3.63, 3.8) is 0 Å². The molecule has 106 valence electrons. The Morgan fingerprint density at radius 3 is 2.80 bits per heavy atom. The van der Waals surface area contributed by atoms with Gasteiger partial charge in [-0.3, -0.25) is 4.79 Å². The molecule has 0 aromatic heterocycles. The summed E-state index contributed by atoms with van der Waals surface area (Å²) in [4.78, 5) is 25.1. The van der Waals surface area contributed by atoms with E-state index in [-0.39, 0.29) is 25.5 Å². The summed E-state index contributed by atoms with van der Waals surface area (Å²) in [5, 5.41) is 10.2. The lowest BCUT2D eigenvalue weighted by Gasteiger charge is -2.21. The van der Waals surface area contributed by atoms with Gasteiger partial charge in [0.1, 0.15) is 6.61 Å². The molecule has 0 spiro atoms. The molecule has 1 unspecified atom stereocenters. The minimum Gasteiger partial charge on any atom is -0.459 e. The van der Waals surface area contributed by atoms with Crippen molar-refractivity contribution in [1.29, 1.82) is 0 Å². The predicted octanol–water partition coefficient (Wildman–Crippen LogP) is 0.879. The number of aliphatic hydroxyl groups is 1. The van der Waals surface area contributed by atoms with Crippen molar-refractivity contribution in [2.45, 2.75) is 18.6 Å². The Hall–Kier alpha value is -2.14. The van der Waals surface area contributed by atoms with E-state index in [1.165, 1.54) is 11.0 Å². The molecule has 1 aromatic carbocycles. The number of ether oxygens (including phenoxy) is 1. The Kier molecular flexibility index (Phi) is 4.20. The summed E-state index contributed by atoms with van der Waals surface area (Å²) in [6.45, 7) is 3.78. The first-order valence-corrected chi connectivity index (χ1v) is 6.37. The number of β-amino-alcohol motifs (C(OH)–C–C–N with tert-alkyl or cyclic N) is 1. The number of hydrogen-bond acceptors (Lipinski definition) is 4. The molecular weight excluding hydrogens is 258 g/mol. The molecule has 0 aliphatic carbocycles. The van der Waals surface area contributed by atoms with Crippen LogP contribution in [0, 0.1) is 0 Å². The predicted molar refractivity (Wildman–Crippen MR) is 72.6 cm³/mol. The van der Waals surface area contributed by atoms with Crippen molar-refractivity contribution < 1.29 is 19.4 Å². The van der Waals surface area contributed by atoms with E-state index in [4.69, 9.17) is 4.74 Å². The van der Waals surface area contributed by atoms with E-state index in [2.05, 4.69) is 6.58 Å². The van der Waals surface area contributed by atoms with Gasteiger partial charge in [-0.1, -0.05) is 43.0 Å². The molecule has 1 fully saturated rings. The van der Waals surface area contributed by atoms with Crippen molar-refractivity contribution >= 4 is 11.9 Å². The zero-order chi connectivity index (χ0) is 14.6. The van der Waals surface area contributed by atoms with E-state index < -0.39 is 11.6 Å². The quantitative estimate of drug-likeness (QED) is 0.640. The van der Waals surface area contributed by atoms with E-state index in [1.54, 1.807) is 0 Å². The second-order valence-electron chi connectivity index (χ2n) is 4.83. The summed E-state index contributed by atoms with van der Waals surface area (Å²) >= 11 is 0. The van der Waals surface area contributed by atoms with Crippen LogP contribution in [0.1, 0.15) is 12.0 Å². The summed E-state index contributed by atoms with van der Waals surface area (Å²) in [6.07, 6.45) is 1.18. The summed E-state index contributed by atoms with van der Waals surface area (Å²) in [5.74, 6) is -1.03. The number of carbonyl (C=O) groups is 2. The minimum absolute atomic E-state index is 0.0218. The number of hydrogen-bond donors (Lipinski definition) is 1. The zero-order valence-corrected chi connectivity index (χ0v) is 11.1. The summed E-state index contributed by atoms with van der Waals surface area (Å²) in [7, 11) is 0. The van der Waals surface area contributed by atoms with Gasteiger partial charge in [0.2, 0.25) is 5.91 Å². The monoisotopic (exact) mass is 275 g/mol. The summed E-state index contributed by atoms with van der Waals surface area (Å²) in [5.41, 5.74) is -0.806. The lowest BCUT2D eigenvalue weighted by molar-refractivity contribution is -0.163. The third-order valence-corrected chi connectivity index (χ3v) is 3.18. The van der Waals surface area contributed by atoms with Gasteiger partial charge in [0.05, 0.1) is 13.0 Å². The Balaban J connectivity index is 2.02. The van der Waals surface area contributed by atoms with Gasteiger partial charge < -0.3 is 14.7 Å². The molecule has 2 rings (SSSR count). The van der Waals surface area contributed by atoms with Crippen LogP contribution in [0.15, 0.2) is 43.0 Å². The third-order valence-electron chi connectivity index (χ3n) is 3.18. The fraction of sp³-hybridized carbons (Fsp3) is 0.333. The molecule has 1 aliphatic rings. The molecule has 5 nitrogen and oxygen atoms in total. The van der Waals surface area contributed by atoms with Gasteiger partial charge in [-0.05, 0) is 5.56 Å². The van der Waals surface area contributed by atoms with Gasteiger partial charge in [-0.15, -0.1) is 0 Å². The van der Waals surface area contributed by atoms with E-state index >= 15 is 0 Å². The maximum absolute atomic E-state index is 11.9. The van der Waals surface area contributed by atoms with Crippen LogP contribution >= 0.6 is 0 Å². The highest BCUT2D eigenvalue weighted by Gasteiger charge is 2.48. The number of carbonyl (C=O) groups excluding carboxylic acids is 2. The van der Waals surface area contributed by atoms with Gasteiger partial charge in [0.25, 0.3) is 0 Å². The lowest BCUT2D eigenvalue weighted by atomic mass is 10.0. The molecule has 0 saturated carbocycles. The number of amides is 1. The number of rotatable bonds is 5. The molecule has 0 bridgehead atoms. The van der Waals surface area contributed by atoms with Crippen LogP contribution in [0.4, 0.5) is 0 Å². The average molecular weight is 275 g/mol. The van der Waals surface area contributed by atoms with Crippen LogP contribution in [0.2, 0.25) is 0 Å². The Bertz CT molecular complexity index is 514. The van der Waals surface area contributed by atoms with Crippen molar-refractivity contribution in [1.82, 2.24) is 4.90 Å². The topological polar surface area (TPSA) is 66.8 Å². The van der Waals surface area contributed by atoms with Gasteiger partial charge >= 0.3 is 5.97 Å².